The molecule has 1 heterocycles. The molecule has 7 nitrogen and oxygen atoms in total. The van der Waals surface area contributed by atoms with Crippen LogP contribution in [0.25, 0.3) is 0 Å². The number of hydrogen-bond acceptors (Lipinski definition) is 4. The molecule has 9 heteroatoms. The van der Waals surface area contributed by atoms with Crippen LogP contribution in [0.4, 0.5) is 5.82 Å². The van der Waals surface area contributed by atoms with Gasteiger partial charge in [-0.1, -0.05) is 43.7 Å². The lowest BCUT2D eigenvalue weighted by atomic mass is 9.86. The molecule has 1 aromatic carbocycles. The Morgan fingerprint density at radius 1 is 1.26 bits per heavy atom. The Balaban J connectivity index is 1.71. The SMILES string of the molecule is CNS(=O)(=O)c1ccc(Cl)c(C(=O)Nc2cc(CC3CCCCC3)[nH]n2)c1. The molecule has 1 saturated carbocycles. The molecule has 0 aliphatic heterocycles. The molecule has 1 fully saturated rings. The number of nitrogens with one attached hydrogen (secondary N) is 3. The molecule has 146 valence electrons. The summed E-state index contributed by atoms with van der Waals surface area (Å²) in [5.41, 5.74) is 1.06. The number of nitrogens with zero attached hydrogens (tertiary/aromatic N) is 1. The molecular weight excluding hydrogens is 388 g/mol. The zero-order chi connectivity index (χ0) is 19.4. The summed E-state index contributed by atoms with van der Waals surface area (Å²) in [7, 11) is -2.36. The summed E-state index contributed by atoms with van der Waals surface area (Å²) < 4.78 is 26.1. The van der Waals surface area contributed by atoms with Gasteiger partial charge in [0.1, 0.15) is 0 Å². The number of amides is 1. The average Bonchev–Trinajstić information content (AvgIpc) is 3.09. The fraction of sp³-hybridized carbons (Fsp3) is 0.444. The third-order valence-electron chi connectivity index (χ3n) is 4.87. The van der Waals surface area contributed by atoms with Crippen molar-refractivity contribution >= 4 is 33.3 Å². The van der Waals surface area contributed by atoms with E-state index >= 15 is 0 Å². The van der Waals surface area contributed by atoms with Crippen molar-refractivity contribution < 1.29 is 13.2 Å². The highest BCUT2D eigenvalue weighted by atomic mass is 35.5. The third kappa shape index (κ3) is 4.88. The van der Waals surface area contributed by atoms with Crippen LogP contribution in [0.5, 0.6) is 0 Å². The molecule has 0 atom stereocenters. The van der Waals surface area contributed by atoms with Gasteiger partial charge in [0.2, 0.25) is 10.0 Å². The quantitative estimate of drug-likeness (QED) is 0.679. The summed E-state index contributed by atoms with van der Waals surface area (Å²) >= 11 is 6.08. The first kappa shape index (κ1) is 19.9. The maximum absolute atomic E-state index is 12.5. The van der Waals surface area contributed by atoms with Gasteiger partial charge in [-0.3, -0.25) is 9.89 Å². The highest BCUT2D eigenvalue weighted by Gasteiger charge is 2.19. The van der Waals surface area contributed by atoms with Crippen molar-refractivity contribution in [2.24, 2.45) is 5.92 Å². The van der Waals surface area contributed by atoms with Gasteiger partial charge in [0.05, 0.1) is 15.5 Å². The number of aromatic nitrogens is 2. The molecule has 0 saturated heterocycles. The third-order valence-corrected chi connectivity index (χ3v) is 6.61. The molecule has 27 heavy (non-hydrogen) atoms. The van der Waals surface area contributed by atoms with Crippen LogP contribution in [0.3, 0.4) is 0 Å². The topological polar surface area (TPSA) is 104 Å². The lowest BCUT2D eigenvalue weighted by Gasteiger charge is -2.20. The fourth-order valence-electron chi connectivity index (χ4n) is 3.38. The van der Waals surface area contributed by atoms with Gasteiger partial charge in [-0.05, 0) is 37.6 Å². The van der Waals surface area contributed by atoms with Gasteiger partial charge >= 0.3 is 0 Å². The molecule has 3 rings (SSSR count). The number of rotatable bonds is 6. The Hall–Kier alpha value is -1.90. The lowest BCUT2D eigenvalue weighted by Crippen LogP contribution is -2.20. The molecule has 2 aromatic rings. The monoisotopic (exact) mass is 410 g/mol. The number of H-pyrrole nitrogens is 1. The number of sulfonamides is 1. The summed E-state index contributed by atoms with van der Waals surface area (Å²) in [6.45, 7) is 0. The van der Waals surface area contributed by atoms with E-state index in [0.717, 1.165) is 12.1 Å². The van der Waals surface area contributed by atoms with Gasteiger partial charge in [0, 0.05) is 11.8 Å². The molecule has 0 bridgehead atoms. The first-order valence-electron chi connectivity index (χ1n) is 8.98. The molecule has 1 aromatic heterocycles. The first-order chi connectivity index (χ1) is 12.9. The number of carbonyl (C=O) groups excluding carboxylic acids is 1. The minimum atomic E-state index is -3.67. The Labute approximate surface area is 163 Å². The Morgan fingerprint density at radius 2 is 2.00 bits per heavy atom. The van der Waals surface area contributed by atoms with Gasteiger partial charge < -0.3 is 5.32 Å². The van der Waals surface area contributed by atoms with E-state index in [1.165, 1.54) is 57.4 Å². The van der Waals surface area contributed by atoms with E-state index in [1.54, 1.807) is 0 Å². The van der Waals surface area contributed by atoms with Gasteiger partial charge in [-0.2, -0.15) is 5.10 Å². The molecule has 1 aliphatic carbocycles. The van der Waals surface area contributed by atoms with Crippen LogP contribution in [-0.2, 0) is 16.4 Å². The summed E-state index contributed by atoms with van der Waals surface area (Å²) in [5.74, 6) is 0.535. The predicted octanol–water partition coefficient (Wildman–Crippen LogP) is 3.35. The number of anilines is 1. The van der Waals surface area contributed by atoms with Crippen LogP contribution in [0.2, 0.25) is 5.02 Å². The first-order valence-corrected chi connectivity index (χ1v) is 10.8. The minimum Gasteiger partial charge on any atom is -0.305 e. The number of carbonyl (C=O) groups is 1. The van der Waals surface area contributed by atoms with Crippen LogP contribution >= 0.6 is 11.6 Å². The molecule has 1 aliphatic rings. The van der Waals surface area contributed by atoms with Crippen molar-refractivity contribution in [3.63, 3.8) is 0 Å². The molecular formula is C18H23ClN4O3S. The van der Waals surface area contributed by atoms with E-state index in [-0.39, 0.29) is 15.5 Å². The van der Waals surface area contributed by atoms with Crippen molar-refractivity contribution in [3.05, 3.63) is 40.5 Å². The van der Waals surface area contributed by atoms with Crippen molar-refractivity contribution in [1.29, 1.82) is 0 Å². The zero-order valence-corrected chi connectivity index (χ0v) is 16.7. The largest absolute Gasteiger partial charge is 0.305 e. The van der Waals surface area contributed by atoms with Crippen LogP contribution in [0.1, 0.15) is 48.2 Å². The molecule has 3 N–H and O–H groups in total. The summed E-state index contributed by atoms with van der Waals surface area (Å²) in [4.78, 5) is 12.5. The van der Waals surface area contributed by atoms with Crippen molar-refractivity contribution in [2.45, 2.75) is 43.4 Å². The van der Waals surface area contributed by atoms with E-state index in [0.29, 0.717) is 11.7 Å². The molecule has 0 radical (unpaired) electrons. The summed E-state index contributed by atoms with van der Waals surface area (Å²) in [6.07, 6.45) is 7.22. The summed E-state index contributed by atoms with van der Waals surface area (Å²) in [6, 6.07) is 5.80. The van der Waals surface area contributed by atoms with Gasteiger partial charge in [0.15, 0.2) is 5.82 Å². The second-order valence-electron chi connectivity index (χ2n) is 6.79. The van der Waals surface area contributed by atoms with Crippen LogP contribution in [0.15, 0.2) is 29.2 Å². The van der Waals surface area contributed by atoms with E-state index in [4.69, 9.17) is 11.6 Å². The van der Waals surface area contributed by atoms with Gasteiger partial charge in [0.25, 0.3) is 5.91 Å². The normalized spacial score (nSPS) is 15.6. The van der Waals surface area contributed by atoms with Gasteiger partial charge in [-0.25, -0.2) is 13.1 Å². The van der Waals surface area contributed by atoms with E-state index in [2.05, 4.69) is 20.2 Å². The zero-order valence-electron chi connectivity index (χ0n) is 15.1. The van der Waals surface area contributed by atoms with Crippen molar-refractivity contribution in [3.8, 4) is 0 Å². The lowest BCUT2D eigenvalue weighted by molar-refractivity contribution is 0.102. The second-order valence-corrected chi connectivity index (χ2v) is 9.08. The average molecular weight is 411 g/mol. The Bertz CT molecular complexity index is 920. The molecule has 0 spiro atoms. The van der Waals surface area contributed by atoms with Crippen LogP contribution in [0, 0.1) is 5.92 Å². The highest BCUT2D eigenvalue weighted by Crippen LogP contribution is 2.27. The van der Waals surface area contributed by atoms with E-state index in [9.17, 15) is 13.2 Å². The van der Waals surface area contributed by atoms with Crippen LogP contribution < -0.4 is 10.0 Å². The van der Waals surface area contributed by atoms with Gasteiger partial charge in [-0.15, -0.1) is 0 Å². The standard InChI is InChI=1S/C18H23ClN4O3S/c1-20-27(25,26)14-7-8-16(19)15(11-14)18(24)21-17-10-13(22-23-17)9-12-5-3-2-4-6-12/h7-8,10-12,20H,2-6,9H2,1H3,(H2,21,22,23,24). The predicted molar refractivity (Wildman–Crippen MR) is 105 cm³/mol. The highest BCUT2D eigenvalue weighted by molar-refractivity contribution is 7.89. The molecule has 1 amide bonds. The number of hydrogen-bond donors (Lipinski definition) is 3. The van der Waals surface area contributed by atoms with Crippen molar-refractivity contribution in [2.75, 3.05) is 12.4 Å². The minimum absolute atomic E-state index is 0.0282. The second kappa shape index (κ2) is 8.41. The Kier molecular flexibility index (Phi) is 6.18. The van der Waals surface area contributed by atoms with E-state index < -0.39 is 15.9 Å². The van der Waals surface area contributed by atoms with Crippen LogP contribution in [-0.4, -0.2) is 31.6 Å². The maximum atomic E-state index is 12.5. The summed E-state index contributed by atoms with van der Waals surface area (Å²) in [5, 5.41) is 9.94. The van der Waals surface area contributed by atoms with Crippen molar-refractivity contribution in [1.82, 2.24) is 14.9 Å². The molecule has 0 unspecified atom stereocenters. The number of aromatic amines is 1. The Morgan fingerprint density at radius 3 is 2.70 bits per heavy atom. The maximum Gasteiger partial charge on any atom is 0.258 e. The smallest absolute Gasteiger partial charge is 0.258 e. The number of halogens is 1. The number of benzene rings is 1. The van der Waals surface area contributed by atoms with E-state index in [1.807, 2.05) is 6.07 Å². The fourth-order valence-corrected chi connectivity index (χ4v) is 4.34.